The van der Waals surface area contributed by atoms with Gasteiger partial charge in [-0.25, -0.2) is 0 Å². The normalized spacial score (nSPS) is 11.7. The third-order valence-corrected chi connectivity index (χ3v) is 4.48. The summed E-state index contributed by atoms with van der Waals surface area (Å²) in [7, 11) is 0. The summed E-state index contributed by atoms with van der Waals surface area (Å²) in [5.41, 5.74) is -0.0161. The number of rotatable bonds is 18. The highest BCUT2D eigenvalue weighted by Crippen LogP contribution is 2.13. The average Bonchev–Trinajstić information content (AvgIpc) is 2.54. The molecule has 0 saturated heterocycles. The van der Waals surface area contributed by atoms with Crippen molar-refractivity contribution >= 4 is 11.8 Å². The van der Waals surface area contributed by atoms with Gasteiger partial charge in [-0.3, -0.25) is 9.59 Å². The van der Waals surface area contributed by atoms with Crippen LogP contribution < -0.4 is 0 Å². The molecule has 4 heteroatoms. The van der Waals surface area contributed by atoms with Crippen LogP contribution in [0, 0.1) is 0 Å². The van der Waals surface area contributed by atoms with Crippen molar-refractivity contribution < 1.29 is 19.4 Å². The van der Waals surface area contributed by atoms with Gasteiger partial charge in [-0.15, -0.1) is 0 Å². The molecule has 0 saturated carbocycles. The maximum atomic E-state index is 11.8. The van der Waals surface area contributed by atoms with Gasteiger partial charge in [-0.2, -0.15) is 0 Å². The zero-order chi connectivity index (χ0) is 19.7. The van der Waals surface area contributed by atoms with Crippen molar-refractivity contribution in [3.8, 4) is 0 Å². The van der Waals surface area contributed by atoms with Crippen molar-refractivity contribution in [3.63, 3.8) is 0 Å². The van der Waals surface area contributed by atoms with Crippen LogP contribution in [0.25, 0.3) is 0 Å². The van der Waals surface area contributed by atoms with E-state index in [1.165, 1.54) is 32.1 Å². The van der Waals surface area contributed by atoms with Crippen LogP contribution >= 0.6 is 0 Å². The number of carboxylic acids is 1. The minimum Gasteiger partial charge on any atom is -0.481 e. The fraction of sp³-hybridized carbons (Fsp3) is 0.909. The van der Waals surface area contributed by atoms with E-state index in [2.05, 4.69) is 20.8 Å². The number of carboxylic acid groups (broad SMARTS) is 1. The lowest BCUT2D eigenvalue weighted by molar-refractivity contribution is -0.137. The van der Waals surface area contributed by atoms with Gasteiger partial charge >= 0.3 is 5.97 Å². The molecule has 154 valence electrons. The molecule has 0 spiro atoms. The highest BCUT2D eigenvalue weighted by molar-refractivity contribution is 5.78. The van der Waals surface area contributed by atoms with Crippen molar-refractivity contribution in [1.82, 2.24) is 0 Å². The summed E-state index contributed by atoms with van der Waals surface area (Å²) in [5, 5.41) is 8.55. The smallest absolute Gasteiger partial charge is 0.303 e. The second kappa shape index (κ2) is 16.3. The van der Waals surface area contributed by atoms with Crippen molar-refractivity contribution in [2.45, 2.75) is 123 Å². The molecule has 0 aromatic heterocycles. The fourth-order valence-electron chi connectivity index (χ4n) is 2.94. The van der Waals surface area contributed by atoms with E-state index in [0.717, 1.165) is 58.0 Å². The number of carbonyl (C=O) groups excluding carboxylic acids is 1. The Labute approximate surface area is 161 Å². The standard InChI is InChI=1S/C22H42O4/c1-22(2,3)26-19-15-11-7-5-4-6-8-12-16-20(23)17-13-9-10-14-18-21(24)25/h4-19H2,1-3H3,(H,24,25). The van der Waals surface area contributed by atoms with Gasteiger partial charge < -0.3 is 9.84 Å². The molecule has 0 amide bonds. The van der Waals surface area contributed by atoms with E-state index in [1.807, 2.05) is 0 Å². The maximum Gasteiger partial charge on any atom is 0.303 e. The topological polar surface area (TPSA) is 63.6 Å². The lowest BCUT2D eigenvalue weighted by Crippen LogP contribution is -2.19. The van der Waals surface area contributed by atoms with Gasteiger partial charge in [0.25, 0.3) is 0 Å². The van der Waals surface area contributed by atoms with Gasteiger partial charge in [0.05, 0.1) is 5.60 Å². The SMILES string of the molecule is CC(C)(C)OCCCCCCCCCCC(=O)CCCCCCC(=O)O. The molecule has 26 heavy (non-hydrogen) atoms. The van der Waals surface area contributed by atoms with E-state index in [9.17, 15) is 9.59 Å². The lowest BCUT2D eigenvalue weighted by atomic mass is 10.0. The molecular formula is C22H42O4. The molecule has 0 aliphatic heterocycles. The van der Waals surface area contributed by atoms with Crippen molar-refractivity contribution in [3.05, 3.63) is 0 Å². The summed E-state index contributed by atoms with van der Waals surface area (Å²) in [5.74, 6) is -0.349. The summed E-state index contributed by atoms with van der Waals surface area (Å²) in [4.78, 5) is 22.2. The largest absolute Gasteiger partial charge is 0.481 e. The molecular weight excluding hydrogens is 328 g/mol. The Balaban J connectivity index is 3.22. The van der Waals surface area contributed by atoms with Crippen LogP contribution in [0.4, 0.5) is 0 Å². The molecule has 0 aliphatic rings. The fourth-order valence-corrected chi connectivity index (χ4v) is 2.94. The second-order valence-electron chi connectivity index (χ2n) is 8.39. The Bertz CT molecular complexity index is 358. The van der Waals surface area contributed by atoms with Crippen LogP contribution in [-0.4, -0.2) is 29.1 Å². The summed E-state index contributed by atoms with van der Waals surface area (Å²) in [6, 6.07) is 0. The average molecular weight is 371 g/mol. The molecule has 4 nitrogen and oxygen atoms in total. The first-order valence-corrected chi connectivity index (χ1v) is 10.7. The molecule has 0 radical (unpaired) electrons. The summed E-state index contributed by atoms with van der Waals surface area (Å²) in [6.45, 7) is 7.16. The lowest BCUT2D eigenvalue weighted by Gasteiger charge is -2.19. The Kier molecular flexibility index (Phi) is 15.7. The summed E-state index contributed by atoms with van der Waals surface area (Å²) >= 11 is 0. The van der Waals surface area contributed by atoms with Gasteiger partial charge in [0.1, 0.15) is 5.78 Å². The molecule has 0 heterocycles. The Morgan fingerprint density at radius 1 is 0.654 bits per heavy atom. The monoisotopic (exact) mass is 370 g/mol. The first-order valence-electron chi connectivity index (χ1n) is 10.7. The Hall–Kier alpha value is -0.900. The minimum absolute atomic E-state index is 0.0161. The third-order valence-electron chi connectivity index (χ3n) is 4.48. The number of hydrogen-bond acceptors (Lipinski definition) is 3. The predicted molar refractivity (Wildman–Crippen MR) is 108 cm³/mol. The van der Waals surface area contributed by atoms with Gasteiger partial charge in [-0.05, 0) is 46.5 Å². The second-order valence-corrected chi connectivity index (χ2v) is 8.39. The molecule has 0 atom stereocenters. The Morgan fingerprint density at radius 2 is 1.04 bits per heavy atom. The zero-order valence-electron chi connectivity index (χ0n) is 17.5. The van der Waals surface area contributed by atoms with Crippen LogP contribution in [0.3, 0.4) is 0 Å². The number of carbonyl (C=O) groups is 2. The van der Waals surface area contributed by atoms with Gasteiger partial charge in [0, 0.05) is 25.9 Å². The quantitative estimate of drug-likeness (QED) is 0.287. The van der Waals surface area contributed by atoms with Crippen LogP contribution in [0.2, 0.25) is 0 Å². The van der Waals surface area contributed by atoms with Gasteiger partial charge in [-0.1, -0.05) is 51.4 Å². The van der Waals surface area contributed by atoms with E-state index < -0.39 is 5.97 Å². The van der Waals surface area contributed by atoms with Crippen LogP contribution in [0.15, 0.2) is 0 Å². The zero-order valence-corrected chi connectivity index (χ0v) is 17.5. The summed E-state index contributed by atoms with van der Waals surface area (Å²) < 4.78 is 5.71. The number of hydrogen-bond donors (Lipinski definition) is 1. The molecule has 0 aromatic carbocycles. The van der Waals surface area contributed by atoms with E-state index >= 15 is 0 Å². The van der Waals surface area contributed by atoms with Crippen molar-refractivity contribution in [2.75, 3.05) is 6.61 Å². The van der Waals surface area contributed by atoms with Crippen molar-refractivity contribution in [2.24, 2.45) is 0 Å². The van der Waals surface area contributed by atoms with E-state index in [4.69, 9.17) is 9.84 Å². The Morgan fingerprint density at radius 3 is 1.46 bits per heavy atom. The van der Waals surface area contributed by atoms with E-state index in [1.54, 1.807) is 0 Å². The molecule has 0 aliphatic carbocycles. The first kappa shape index (κ1) is 25.1. The van der Waals surface area contributed by atoms with Gasteiger partial charge in [0.15, 0.2) is 0 Å². The number of ether oxygens (including phenoxy) is 1. The predicted octanol–water partition coefficient (Wildman–Crippen LogP) is 6.31. The van der Waals surface area contributed by atoms with Crippen LogP contribution in [0.1, 0.15) is 117 Å². The number of unbranched alkanes of at least 4 members (excludes halogenated alkanes) is 10. The first-order chi connectivity index (χ1) is 12.3. The third kappa shape index (κ3) is 21.1. The van der Waals surface area contributed by atoms with E-state index in [-0.39, 0.29) is 12.0 Å². The number of ketones is 1. The summed E-state index contributed by atoms with van der Waals surface area (Å²) in [6.07, 6.45) is 14.9. The minimum atomic E-state index is -0.726. The van der Waals surface area contributed by atoms with Crippen molar-refractivity contribution in [1.29, 1.82) is 0 Å². The number of Topliss-reactive ketones (excluding diaryl/α,β-unsaturated/α-hetero) is 1. The maximum absolute atomic E-state index is 11.8. The molecule has 0 fully saturated rings. The van der Waals surface area contributed by atoms with Crippen LogP contribution in [0.5, 0.6) is 0 Å². The molecule has 0 bridgehead atoms. The molecule has 1 N–H and O–H groups in total. The highest BCUT2D eigenvalue weighted by Gasteiger charge is 2.08. The van der Waals surface area contributed by atoms with E-state index in [0.29, 0.717) is 12.2 Å². The number of aliphatic carboxylic acids is 1. The van der Waals surface area contributed by atoms with Gasteiger partial charge in [0.2, 0.25) is 0 Å². The highest BCUT2D eigenvalue weighted by atomic mass is 16.5. The molecule has 0 unspecified atom stereocenters. The van der Waals surface area contributed by atoms with Crippen LogP contribution in [-0.2, 0) is 14.3 Å². The molecule has 0 aromatic rings. The molecule has 0 rings (SSSR count).